The smallest absolute Gasteiger partial charge is 0.311 e. The van der Waals surface area contributed by atoms with Crippen LogP contribution in [-0.4, -0.2) is 17.8 Å². The molecule has 0 aliphatic rings. The first-order chi connectivity index (χ1) is 15.8. The van der Waals surface area contributed by atoms with Gasteiger partial charge in [-0.25, -0.2) is 0 Å². The largest absolute Gasteiger partial charge is 0.496 e. The summed E-state index contributed by atoms with van der Waals surface area (Å²) >= 11 is 0. The number of methoxy groups -OCH3 is 1. The molecule has 0 radical (unpaired) electrons. The quantitative estimate of drug-likeness (QED) is 0.162. The zero-order chi connectivity index (χ0) is 24.0. The summed E-state index contributed by atoms with van der Waals surface area (Å²) in [4.78, 5) is 23.4. The molecule has 33 heavy (non-hydrogen) atoms. The van der Waals surface area contributed by atoms with Crippen LogP contribution in [0.15, 0.2) is 66.7 Å². The number of nitro groups is 1. The first-order valence-electron chi connectivity index (χ1n) is 10.7. The molecule has 0 bridgehead atoms. The van der Waals surface area contributed by atoms with E-state index in [1.165, 1.54) is 17.7 Å². The molecule has 3 rings (SSSR count). The van der Waals surface area contributed by atoms with Crippen molar-refractivity contribution >= 4 is 17.5 Å². The Bertz CT molecular complexity index is 1180. The first-order valence-corrected chi connectivity index (χ1v) is 10.7. The summed E-state index contributed by atoms with van der Waals surface area (Å²) in [5, 5.41) is 11.3. The van der Waals surface area contributed by atoms with Crippen LogP contribution < -0.4 is 9.47 Å². The van der Waals surface area contributed by atoms with Crippen LogP contribution in [0.4, 0.5) is 5.69 Å². The van der Waals surface area contributed by atoms with Crippen molar-refractivity contribution in [3.8, 4) is 11.5 Å². The highest BCUT2D eigenvalue weighted by molar-refractivity contribution is 6.06. The maximum Gasteiger partial charge on any atom is 0.311 e. The molecule has 0 amide bonds. The second-order valence-corrected chi connectivity index (χ2v) is 8.06. The van der Waals surface area contributed by atoms with E-state index < -0.39 is 4.92 Å². The Morgan fingerprint density at radius 3 is 2.36 bits per heavy atom. The van der Waals surface area contributed by atoms with Gasteiger partial charge in [0.25, 0.3) is 0 Å². The van der Waals surface area contributed by atoms with E-state index in [2.05, 4.69) is 13.8 Å². The molecule has 0 aliphatic carbocycles. The molecule has 0 N–H and O–H groups in total. The number of benzene rings is 3. The van der Waals surface area contributed by atoms with Crippen LogP contribution in [0.3, 0.4) is 0 Å². The predicted molar refractivity (Wildman–Crippen MR) is 129 cm³/mol. The Hall–Kier alpha value is -3.93. The van der Waals surface area contributed by atoms with Gasteiger partial charge in [0.1, 0.15) is 12.4 Å². The lowest BCUT2D eigenvalue weighted by Crippen LogP contribution is -2.02. The Labute approximate surface area is 193 Å². The van der Waals surface area contributed by atoms with Crippen molar-refractivity contribution in [3.05, 3.63) is 105 Å². The van der Waals surface area contributed by atoms with Gasteiger partial charge in [0.05, 0.1) is 12.0 Å². The van der Waals surface area contributed by atoms with Crippen molar-refractivity contribution in [2.24, 2.45) is 0 Å². The van der Waals surface area contributed by atoms with Crippen LogP contribution in [0.5, 0.6) is 11.5 Å². The maximum absolute atomic E-state index is 12.5. The van der Waals surface area contributed by atoms with E-state index in [4.69, 9.17) is 9.47 Å². The summed E-state index contributed by atoms with van der Waals surface area (Å²) in [6, 6.07) is 17.9. The number of hydrogen-bond acceptors (Lipinski definition) is 5. The third-order valence-corrected chi connectivity index (χ3v) is 5.29. The normalized spacial score (nSPS) is 11.1. The molecule has 3 aromatic carbocycles. The number of ketones is 1. The number of aryl methyl sites for hydroxylation is 1. The fraction of sp³-hybridized carbons (Fsp3) is 0.222. The highest BCUT2D eigenvalue weighted by Gasteiger charge is 2.16. The lowest BCUT2D eigenvalue weighted by Gasteiger charge is -2.12. The van der Waals surface area contributed by atoms with Gasteiger partial charge in [-0.15, -0.1) is 0 Å². The van der Waals surface area contributed by atoms with Crippen LogP contribution in [0.2, 0.25) is 0 Å². The van der Waals surface area contributed by atoms with E-state index in [9.17, 15) is 14.9 Å². The van der Waals surface area contributed by atoms with Gasteiger partial charge in [-0.1, -0.05) is 56.3 Å². The van der Waals surface area contributed by atoms with Crippen LogP contribution in [0.25, 0.3) is 6.08 Å². The Morgan fingerprint density at radius 2 is 1.73 bits per heavy atom. The van der Waals surface area contributed by atoms with Crippen LogP contribution in [0.1, 0.15) is 52.4 Å². The van der Waals surface area contributed by atoms with E-state index in [-0.39, 0.29) is 23.8 Å². The minimum Gasteiger partial charge on any atom is -0.496 e. The van der Waals surface area contributed by atoms with Crippen molar-refractivity contribution in [1.82, 2.24) is 0 Å². The number of nitrogens with zero attached hydrogens (tertiary/aromatic N) is 1. The number of ether oxygens (including phenoxy) is 2. The molecule has 0 spiro atoms. The summed E-state index contributed by atoms with van der Waals surface area (Å²) in [6.45, 7) is 6.09. The molecule has 0 heterocycles. The number of carbonyl (C=O) groups excluding carboxylic acids is 1. The summed E-state index contributed by atoms with van der Waals surface area (Å²) in [7, 11) is 1.55. The van der Waals surface area contributed by atoms with E-state index in [1.54, 1.807) is 38.3 Å². The molecule has 170 valence electrons. The molecule has 0 unspecified atom stereocenters. The van der Waals surface area contributed by atoms with Gasteiger partial charge >= 0.3 is 5.69 Å². The standard InChI is InChI=1S/C27H27NO5/c1-18(2)21-8-10-22(11-9-21)25(29)12-6-20-7-14-26(32-4)23(16-20)17-33-27-13-5-19(3)15-24(27)28(30)31/h5-16,18H,17H2,1-4H3/b12-6+. The highest BCUT2D eigenvalue weighted by atomic mass is 16.6. The third-order valence-electron chi connectivity index (χ3n) is 5.29. The summed E-state index contributed by atoms with van der Waals surface area (Å²) < 4.78 is 11.2. The Balaban J connectivity index is 1.77. The Kier molecular flexibility index (Phi) is 7.61. The minimum atomic E-state index is -0.460. The number of allylic oxidation sites excluding steroid dienone is 1. The van der Waals surface area contributed by atoms with Gasteiger partial charge in [-0.2, -0.15) is 0 Å². The topological polar surface area (TPSA) is 78.7 Å². The molecule has 3 aromatic rings. The van der Waals surface area contributed by atoms with Crippen LogP contribution >= 0.6 is 0 Å². The number of carbonyl (C=O) groups is 1. The molecule has 0 saturated heterocycles. The van der Waals surface area contributed by atoms with Gasteiger partial charge in [0.15, 0.2) is 11.5 Å². The van der Waals surface area contributed by atoms with E-state index in [1.807, 2.05) is 36.4 Å². The van der Waals surface area contributed by atoms with Gasteiger partial charge in [0, 0.05) is 17.2 Å². The molecule has 0 aliphatic heterocycles. The first kappa shape index (κ1) is 23.7. The van der Waals surface area contributed by atoms with Crippen molar-refractivity contribution < 1.29 is 19.2 Å². The zero-order valence-electron chi connectivity index (χ0n) is 19.2. The molecule has 0 fully saturated rings. The Morgan fingerprint density at radius 1 is 1.03 bits per heavy atom. The average molecular weight is 446 g/mol. The van der Waals surface area contributed by atoms with Gasteiger partial charge in [-0.3, -0.25) is 14.9 Å². The molecule has 6 nitrogen and oxygen atoms in total. The van der Waals surface area contributed by atoms with Gasteiger partial charge < -0.3 is 9.47 Å². The summed E-state index contributed by atoms with van der Waals surface area (Å²) in [5.74, 6) is 1.10. The predicted octanol–water partition coefficient (Wildman–Crippen LogP) is 6.51. The lowest BCUT2D eigenvalue weighted by atomic mass is 10.00. The van der Waals surface area contributed by atoms with Crippen LogP contribution in [0, 0.1) is 17.0 Å². The van der Waals surface area contributed by atoms with Crippen molar-refractivity contribution in [3.63, 3.8) is 0 Å². The van der Waals surface area contributed by atoms with Gasteiger partial charge in [0.2, 0.25) is 0 Å². The van der Waals surface area contributed by atoms with Crippen molar-refractivity contribution in [2.45, 2.75) is 33.3 Å². The maximum atomic E-state index is 12.5. The second-order valence-electron chi connectivity index (χ2n) is 8.06. The van der Waals surface area contributed by atoms with Gasteiger partial charge in [-0.05, 0) is 53.8 Å². The fourth-order valence-corrected chi connectivity index (χ4v) is 3.36. The molecular formula is C27H27NO5. The third kappa shape index (κ3) is 6.07. The zero-order valence-corrected chi connectivity index (χ0v) is 19.2. The second kappa shape index (κ2) is 10.6. The van der Waals surface area contributed by atoms with E-state index in [0.717, 1.165) is 11.1 Å². The number of nitro benzene ring substituents is 1. The fourth-order valence-electron chi connectivity index (χ4n) is 3.36. The summed E-state index contributed by atoms with van der Waals surface area (Å²) in [6.07, 6.45) is 3.26. The van der Waals surface area contributed by atoms with E-state index >= 15 is 0 Å². The van der Waals surface area contributed by atoms with Crippen LogP contribution in [-0.2, 0) is 6.61 Å². The minimum absolute atomic E-state index is 0.0827. The molecular weight excluding hydrogens is 418 g/mol. The number of rotatable bonds is 9. The summed E-state index contributed by atoms with van der Waals surface area (Å²) in [5.41, 5.74) is 4.01. The SMILES string of the molecule is COc1ccc(/C=C/C(=O)c2ccc(C(C)C)cc2)cc1COc1ccc(C)cc1[N+](=O)[O-]. The molecule has 0 saturated carbocycles. The van der Waals surface area contributed by atoms with E-state index in [0.29, 0.717) is 22.8 Å². The monoisotopic (exact) mass is 445 g/mol. The van der Waals surface area contributed by atoms with Crippen molar-refractivity contribution in [1.29, 1.82) is 0 Å². The molecule has 0 atom stereocenters. The average Bonchev–Trinajstić information content (AvgIpc) is 2.81. The van der Waals surface area contributed by atoms with Crippen molar-refractivity contribution in [2.75, 3.05) is 7.11 Å². The molecule has 0 aromatic heterocycles. The lowest BCUT2D eigenvalue weighted by molar-refractivity contribution is -0.386. The number of hydrogen-bond donors (Lipinski definition) is 0. The highest BCUT2D eigenvalue weighted by Crippen LogP contribution is 2.30. The molecule has 6 heteroatoms.